The summed E-state index contributed by atoms with van der Waals surface area (Å²) in [6, 6.07) is 12.9. The van der Waals surface area contributed by atoms with Crippen LogP contribution in [0.2, 0.25) is 0 Å². The number of alkyl halides is 2. The van der Waals surface area contributed by atoms with Gasteiger partial charge in [0.15, 0.2) is 0 Å². The fraction of sp³-hybridized carbons (Fsp3) is 0.222. The Bertz CT molecular complexity index is 572. The summed E-state index contributed by atoms with van der Waals surface area (Å²) < 4.78 is 0. The minimum atomic E-state index is 0.901. The van der Waals surface area contributed by atoms with Crippen LogP contribution in [-0.2, 0) is 10.7 Å². The van der Waals surface area contributed by atoms with Crippen molar-refractivity contribution in [3.05, 3.63) is 69.8 Å². The second kappa shape index (κ2) is 7.24. The summed E-state index contributed by atoms with van der Waals surface area (Å²) in [5.41, 5.74) is 7.94. The first-order chi connectivity index (χ1) is 9.67. The zero-order valence-electron chi connectivity index (χ0n) is 11.8. The average molecular weight is 394 g/mol. The molecule has 0 radical (unpaired) electrons. The van der Waals surface area contributed by atoms with Crippen LogP contribution in [-0.4, -0.2) is 0 Å². The number of benzene rings is 2. The van der Waals surface area contributed by atoms with Crippen molar-refractivity contribution >= 4 is 44.0 Å². The normalized spacial score (nSPS) is 11.2. The van der Waals surface area contributed by atoms with Gasteiger partial charge in [-0.15, -0.1) is 0 Å². The standard InChI is InChI=1S/C18H18Br2/c1-13-15(5-3-7-17(13)11-19)9-10-16-6-4-8-18(12-20)14(16)2/h3-10H,11-12H2,1-2H3. The van der Waals surface area contributed by atoms with Crippen LogP contribution in [0.3, 0.4) is 0 Å². The largest absolute Gasteiger partial charge is 0.0876 e. The van der Waals surface area contributed by atoms with Gasteiger partial charge in [0.25, 0.3) is 0 Å². The third-order valence-electron chi connectivity index (χ3n) is 3.71. The van der Waals surface area contributed by atoms with E-state index < -0.39 is 0 Å². The van der Waals surface area contributed by atoms with Gasteiger partial charge in [-0.2, -0.15) is 0 Å². The van der Waals surface area contributed by atoms with Gasteiger partial charge >= 0.3 is 0 Å². The first-order valence-electron chi connectivity index (χ1n) is 6.64. The summed E-state index contributed by atoms with van der Waals surface area (Å²) >= 11 is 7.08. The summed E-state index contributed by atoms with van der Waals surface area (Å²) in [4.78, 5) is 0. The molecule has 2 rings (SSSR count). The van der Waals surface area contributed by atoms with E-state index in [0.717, 1.165) is 10.7 Å². The molecule has 104 valence electrons. The highest BCUT2D eigenvalue weighted by atomic mass is 79.9. The van der Waals surface area contributed by atoms with E-state index in [4.69, 9.17) is 0 Å². The van der Waals surface area contributed by atoms with Crippen LogP contribution in [0, 0.1) is 13.8 Å². The number of hydrogen-bond acceptors (Lipinski definition) is 0. The zero-order chi connectivity index (χ0) is 14.5. The highest BCUT2D eigenvalue weighted by Gasteiger charge is 2.02. The molecule has 0 N–H and O–H groups in total. The van der Waals surface area contributed by atoms with Gasteiger partial charge in [0, 0.05) is 10.7 Å². The van der Waals surface area contributed by atoms with Crippen LogP contribution < -0.4 is 0 Å². The lowest BCUT2D eigenvalue weighted by Gasteiger charge is -2.08. The molecule has 2 aromatic rings. The molecule has 0 saturated carbocycles. The summed E-state index contributed by atoms with van der Waals surface area (Å²) in [6.07, 6.45) is 4.42. The highest BCUT2D eigenvalue weighted by molar-refractivity contribution is 9.08. The van der Waals surface area contributed by atoms with E-state index in [9.17, 15) is 0 Å². The molecule has 2 heteroatoms. The third-order valence-corrected chi connectivity index (χ3v) is 4.91. The van der Waals surface area contributed by atoms with Crippen molar-refractivity contribution in [1.29, 1.82) is 0 Å². The molecule has 2 aromatic carbocycles. The zero-order valence-corrected chi connectivity index (χ0v) is 15.0. The van der Waals surface area contributed by atoms with Crippen molar-refractivity contribution in [2.45, 2.75) is 24.5 Å². The van der Waals surface area contributed by atoms with E-state index in [1.54, 1.807) is 0 Å². The van der Waals surface area contributed by atoms with Gasteiger partial charge in [0.2, 0.25) is 0 Å². The Morgan fingerprint density at radius 3 is 1.50 bits per heavy atom. The van der Waals surface area contributed by atoms with Gasteiger partial charge in [-0.25, -0.2) is 0 Å². The van der Waals surface area contributed by atoms with Gasteiger partial charge in [-0.05, 0) is 47.2 Å². The maximum absolute atomic E-state index is 3.54. The van der Waals surface area contributed by atoms with Gasteiger partial charge in [-0.1, -0.05) is 80.4 Å². The van der Waals surface area contributed by atoms with E-state index >= 15 is 0 Å². The maximum Gasteiger partial charge on any atom is 0.0285 e. The average Bonchev–Trinajstić information content (AvgIpc) is 2.47. The molecule has 0 spiro atoms. The Labute approximate surface area is 138 Å². The van der Waals surface area contributed by atoms with E-state index in [2.05, 4.69) is 94.3 Å². The molecular formula is C18H18Br2. The molecule has 0 nitrogen and oxygen atoms in total. The second-order valence-corrected chi connectivity index (χ2v) is 5.98. The molecule has 20 heavy (non-hydrogen) atoms. The SMILES string of the molecule is Cc1c(C=Cc2cccc(CBr)c2C)cccc1CBr. The van der Waals surface area contributed by atoms with Crippen molar-refractivity contribution < 1.29 is 0 Å². The first-order valence-corrected chi connectivity index (χ1v) is 8.88. The van der Waals surface area contributed by atoms with Crippen molar-refractivity contribution in [2.24, 2.45) is 0 Å². The van der Waals surface area contributed by atoms with Crippen LogP contribution in [0.5, 0.6) is 0 Å². The molecule has 0 unspecified atom stereocenters. The van der Waals surface area contributed by atoms with Crippen LogP contribution in [0.1, 0.15) is 33.4 Å². The van der Waals surface area contributed by atoms with Gasteiger partial charge < -0.3 is 0 Å². The molecule has 0 aliphatic heterocycles. The fourth-order valence-corrected chi connectivity index (χ4v) is 3.45. The van der Waals surface area contributed by atoms with Crippen LogP contribution in [0.15, 0.2) is 36.4 Å². The molecule has 0 amide bonds. The summed E-state index contributed by atoms with van der Waals surface area (Å²) in [5.74, 6) is 0. The molecule has 0 fully saturated rings. The van der Waals surface area contributed by atoms with Crippen molar-refractivity contribution in [3.63, 3.8) is 0 Å². The summed E-state index contributed by atoms with van der Waals surface area (Å²) in [7, 11) is 0. The number of halogens is 2. The van der Waals surface area contributed by atoms with Crippen LogP contribution in [0.25, 0.3) is 12.2 Å². The molecule has 0 bridgehead atoms. The molecule has 0 aromatic heterocycles. The van der Waals surface area contributed by atoms with Gasteiger partial charge in [0.05, 0.1) is 0 Å². The minimum Gasteiger partial charge on any atom is -0.0876 e. The van der Waals surface area contributed by atoms with Crippen LogP contribution in [0.4, 0.5) is 0 Å². The fourth-order valence-electron chi connectivity index (χ4n) is 2.24. The molecule has 0 aliphatic rings. The Hall–Kier alpha value is -0.860. The predicted octanol–water partition coefficient (Wildman–Crippen LogP) is 6.26. The monoisotopic (exact) mass is 392 g/mol. The smallest absolute Gasteiger partial charge is 0.0285 e. The highest BCUT2D eigenvalue weighted by Crippen LogP contribution is 2.21. The number of rotatable bonds is 4. The Morgan fingerprint density at radius 2 is 1.15 bits per heavy atom. The lowest BCUT2D eigenvalue weighted by molar-refractivity contribution is 1.30. The molecular weight excluding hydrogens is 376 g/mol. The van der Waals surface area contributed by atoms with Crippen molar-refractivity contribution in [3.8, 4) is 0 Å². The summed E-state index contributed by atoms with van der Waals surface area (Å²) in [6.45, 7) is 4.36. The van der Waals surface area contributed by atoms with Crippen LogP contribution >= 0.6 is 31.9 Å². The van der Waals surface area contributed by atoms with Gasteiger partial charge in [0.1, 0.15) is 0 Å². The molecule has 0 atom stereocenters. The van der Waals surface area contributed by atoms with Crippen molar-refractivity contribution in [1.82, 2.24) is 0 Å². The number of hydrogen-bond donors (Lipinski definition) is 0. The van der Waals surface area contributed by atoms with E-state index in [0.29, 0.717) is 0 Å². The molecule has 0 heterocycles. The second-order valence-electron chi connectivity index (χ2n) is 4.86. The van der Waals surface area contributed by atoms with Crippen molar-refractivity contribution in [2.75, 3.05) is 0 Å². The quantitative estimate of drug-likeness (QED) is 0.424. The maximum atomic E-state index is 3.54. The van der Waals surface area contributed by atoms with E-state index in [1.165, 1.54) is 33.4 Å². The predicted molar refractivity (Wildman–Crippen MR) is 96.5 cm³/mol. The van der Waals surface area contributed by atoms with E-state index in [-0.39, 0.29) is 0 Å². The Balaban J connectivity index is 2.35. The Kier molecular flexibility index (Phi) is 5.62. The molecule has 0 saturated heterocycles. The Morgan fingerprint density at radius 1 is 0.750 bits per heavy atom. The third kappa shape index (κ3) is 3.42. The lowest BCUT2D eigenvalue weighted by atomic mass is 10.00. The minimum absolute atomic E-state index is 0.901. The topological polar surface area (TPSA) is 0 Å². The lowest BCUT2D eigenvalue weighted by Crippen LogP contribution is -1.89. The van der Waals surface area contributed by atoms with Gasteiger partial charge in [-0.3, -0.25) is 0 Å². The first kappa shape index (κ1) is 15.5. The molecule has 0 aliphatic carbocycles. The summed E-state index contributed by atoms with van der Waals surface area (Å²) in [5, 5.41) is 1.80. The van der Waals surface area contributed by atoms with E-state index in [1.807, 2.05) is 0 Å².